The molecular formula is C41H38. The molecule has 6 aromatic carbocycles. The van der Waals surface area contributed by atoms with Crippen molar-refractivity contribution in [2.75, 3.05) is 0 Å². The molecule has 0 nitrogen and oxygen atoms in total. The van der Waals surface area contributed by atoms with E-state index in [-0.39, 0.29) is 16.2 Å². The predicted octanol–water partition coefficient (Wildman–Crippen LogP) is 11.7. The largest absolute Gasteiger partial charge is 0.0610 e. The van der Waals surface area contributed by atoms with Crippen LogP contribution in [0.2, 0.25) is 0 Å². The quantitative estimate of drug-likeness (QED) is 0.185. The maximum absolute atomic E-state index is 2.51. The first kappa shape index (κ1) is 24.9. The van der Waals surface area contributed by atoms with Gasteiger partial charge in [0.15, 0.2) is 0 Å². The second-order valence-electron chi connectivity index (χ2n) is 15.0. The molecule has 2 aliphatic carbocycles. The van der Waals surface area contributed by atoms with Gasteiger partial charge in [0.2, 0.25) is 0 Å². The minimum Gasteiger partial charge on any atom is -0.0610 e. The molecule has 0 bridgehead atoms. The molecule has 0 aromatic heterocycles. The summed E-state index contributed by atoms with van der Waals surface area (Å²) in [6, 6.07) is 33.2. The lowest BCUT2D eigenvalue weighted by atomic mass is 9.76. The molecule has 0 spiro atoms. The van der Waals surface area contributed by atoms with Crippen LogP contribution < -0.4 is 0 Å². The van der Waals surface area contributed by atoms with E-state index < -0.39 is 0 Å². The van der Waals surface area contributed by atoms with Crippen LogP contribution in [0.25, 0.3) is 65.7 Å². The van der Waals surface area contributed by atoms with Crippen LogP contribution in [0, 0.1) is 0 Å². The molecule has 202 valence electrons. The van der Waals surface area contributed by atoms with E-state index in [1.54, 1.807) is 0 Å². The van der Waals surface area contributed by atoms with Gasteiger partial charge in [-0.3, -0.25) is 0 Å². The summed E-state index contributed by atoms with van der Waals surface area (Å²) >= 11 is 0. The van der Waals surface area contributed by atoms with Crippen LogP contribution in [0.4, 0.5) is 0 Å². The second-order valence-corrected chi connectivity index (χ2v) is 15.0. The molecular weight excluding hydrogens is 492 g/mol. The molecule has 0 amide bonds. The molecule has 0 unspecified atom stereocenters. The maximum Gasteiger partial charge on any atom is 0.0159 e. The monoisotopic (exact) mass is 530 g/mol. The molecule has 41 heavy (non-hydrogen) atoms. The Morgan fingerprint density at radius 1 is 0.463 bits per heavy atom. The predicted molar refractivity (Wildman–Crippen MR) is 178 cm³/mol. The highest BCUT2D eigenvalue weighted by atomic mass is 14.4. The summed E-state index contributed by atoms with van der Waals surface area (Å²) in [7, 11) is 0. The summed E-state index contributed by atoms with van der Waals surface area (Å²) < 4.78 is 0. The van der Waals surface area contributed by atoms with Crippen molar-refractivity contribution in [1.29, 1.82) is 0 Å². The van der Waals surface area contributed by atoms with Gasteiger partial charge in [-0.05, 0) is 105 Å². The van der Waals surface area contributed by atoms with Gasteiger partial charge in [0, 0.05) is 5.41 Å². The minimum absolute atomic E-state index is 0.0456. The van der Waals surface area contributed by atoms with Crippen molar-refractivity contribution in [3.63, 3.8) is 0 Å². The normalized spacial score (nSPS) is 15.0. The van der Waals surface area contributed by atoms with Crippen molar-refractivity contribution >= 4 is 32.3 Å². The maximum atomic E-state index is 2.51. The fourth-order valence-corrected chi connectivity index (χ4v) is 7.68. The van der Waals surface area contributed by atoms with Crippen molar-refractivity contribution in [1.82, 2.24) is 0 Å². The van der Waals surface area contributed by atoms with Crippen LogP contribution in [0.3, 0.4) is 0 Å². The highest BCUT2D eigenvalue weighted by molar-refractivity contribution is 6.34. The van der Waals surface area contributed by atoms with Crippen LogP contribution in [0.1, 0.15) is 77.6 Å². The number of benzene rings is 6. The van der Waals surface area contributed by atoms with Crippen molar-refractivity contribution in [3.8, 4) is 33.4 Å². The molecule has 2 aliphatic rings. The summed E-state index contributed by atoms with van der Waals surface area (Å²) in [5, 5.41) is 8.29. The third-order valence-corrected chi connectivity index (χ3v) is 10.1. The zero-order valence-corrected chi connectivity index (χ0v) is 25.6. The Balaban J connectivity index is 1.50. The van der Waals surface area contributed by atoms with Crippen molar-refractivity contribution in [2.45, 2.75) is 71.6 Å². The highest BCUT2D eigenvalue weighted by Crippen LogP contribution is 2.56. The third-order valence-electron chi connectivity index (χ3n) is 10.1. The van der Waals surface area contributed by atoms with E-state index in [0.717, 1.165) is 0 Å². The number of hydrogen-bond donors (Lipinski definition) is 0. The zero-order valence-electron chi connectivity index (χ0n) is 25.6. The molecule has 0 saturated heterocycles. The van der Waals surface area contributed by atoms with Crippen LogP contribution >= 0.6 is 0 Å². The fourth-order valence-electron chi connectivity index (χ4n) is 7.68. The highest BCUT2D eigenvalue weighted by Gasteiger charge is 2.39. The average molecular weight is 531 g/mol. The molecule has 0 aliphatic heterocycles. The van der Waals surface area contributed by atoms with Gasteiger partial charge < -0.3 is 0 Å². The summed E-state index contributed by atoms with van der Waals surface area (Å²) in [6.45, 7) is 18.9. The van der Waals surface area contributed by atoms with E-state index in [9.17, 15) is 0 Å². The molecule has 0 saturated carbocycles. The minimum atomic E-state index is -0.0687. The summed E-state index contributed by atoms with van der Waals surface area (Å²) in [5.74, 6) is 0. The number of rotatable bonds is 1. The Morgan fingerprint density at radius 2 is 1.07 bits per heavy atom. The molecule has 0 fully saturated rings. The van der Waals surface area contributed by atoms with Crippen LogP contribution in [0.15, 0.2) is 84.9 Å². The summed E-state index contributed by atoms with van der Waals surface area (Å²) in [5.41, 5.74) is 14.1. The van der Waals surface area contributed by atoms with E-state index >= 15 is 0 Å². The Bertz CT molecular complexity index is 2120. The first-order chi connectivity index (χ1) is 19.4. The second kappa shape index (κ2) is 7.68. The third kappa shape index (κ3) is 3.22. The number of hydrogen-bond acceptors (Lipinski definition) is 0. The number of fused-ring (bicyclic) bond motifs is 4. The molecule has 0 heteroatoms. The SMILES string of the molecule is CC(C)(C)c1ccc2c(c1)C(C)(C)c1cc(C(C)(C)C)cc(-c3ccc4c5c3ccc3ccc6cccc-4c6c35)c1-2. The van der Waals surface area contributed by atoms with Gasteiger partial charge in [-0.15, -0.1) is 0 Å². The lowest BCUT2D eigenvalue weighted by molar-refractivity contribution is 0.580. The standard InChI is InChI=1S/C41H38/c1-39(2,3)25-15-17-31-33(21-25)41(7,8)34-22-26(40(4,5)6)20-32(37(31)34)27-18-19-30-28-11-9-10-23-12-13-24-14-16-29(27)38(30)36(24)35(23)28/h9-22H,1-8H3. The first-order valence-electron chi connectivity index (χ1n) is 15.1. The summed E-state index contributed by atoms with van der Waals surface area (Å²) in [4.78, 5) is 0. The van der Waals surface area contributed by atoms with Crippen molar-refractivity contribution in [2.24, 2.45) is 0 Å². The molecule has 8 rings (SSSR count). The van der Waals surface area contributed by atoms with Gasteiger partial charge in [-0.2, -0.15) is 0 Å². The lowest BCUT2D eigenvalue weighted by Crippen LogP contribution is -2.19. The molecule has 0 heterocycles. The molecule has 6 aromatic rings. The summed E-state index contributed by atoms with van der Waals surface area (Å²) in [6.07, 6.45) is 0. The van der Waals surface area contributed by atoms with E-state index in [1.807, 2.05) is 0 Å². The van der Waals surface area contributed by atoms with Gasteiger partial charge >= 0.3 is 0 Å². The van der Waals surface area contributed by atoms with E-state index in [1.165, 1.54) is 88.0 Å². The Labute approximate surface area is 244 Å². The fraction of sp³-hybridized carbons (Fsp3) is 0.268. The van der Waals surface area contributed by atoms with Crippen molar-refractivity contribution < 1.29 is 0 Å². The van der Waals surface area contributed by atoms with Crippen LogP contribution in [-0.2, 0) is 16.2 Å². The van der Waals surface area contributed by atoms with E-state index in [4.69, 9.17) is 0 Å². The van der Waals surface area contributed by atoms with Gasteiger partial charge in [0.1, 0.15) is 0 Å². The smallest absolute Gasteiger partial charge is 0.0159 e. The van der Waals surface area contributed by atoms with E-state index in [0.29, 0.717) is 0 Å². The van der Waals surface area contributed by atoms with Gasteiger partial charge in [-0.25, -0.2) is 0 Å². The first-order valence-corrected chi connectivity index (χ1v) is 15.1. The van der Waals surface area contributed by atoms with Crippen LogP contribution in [-0.4, -0.2) is 0 Å². The van der Waals surface area contributed by atoms with Gasteiger partial charge in [0.05, 0.1) is 0 Å². The topological polar surface area (TPSA) is 0 Å². The molecule has 0 atom stereocenters. The van der Waals surface area contributed by atoms with Crippen LogP contribution in [0.5, 0.6) is 0 Å². The zero-order chi connectivity index (χ0) is 28.6. The average Bonchev–Trinajstić information content (AvgIpc) is 3.39. The molecule has 0 radical (unpaired) electrons. The Kier molecular flexibility index (Phi) is 4.66. The molecule has 0 N–H and O–H groups in total. The van der Waals surface area contributed by atoms with Gasteiger partial charge in [-0.1, -0.05) is 134 Å². The lowest BCUT2D eigenvalue weighted by Gasteiger charge is -2.27. The van der Waals surface area contributed by atoms with E-state index in [2.05, 4.69) is 140 Å². The van der Waals surface area contributed by atoms with Gasteiger partial charge in [0.25, 0.3) is 0 Å². The Hall–Kier alpha value is -3.90. The Morgan fingerprint density at radius 3 is 1.80 bits per heavy atom. The van der Waals surface area contributed by atoms with Crippen molar-refractivity contribution in [3.05, 3.63) is 107 Å².